The van der Waals surface area contributed by atoms with E-state index in [9.17, 15) is 14.1 Å². The summed E-state index contributed by atoms with van der Waals surface area (Å²) in [6.45, 7) is 2.47. The number of carbonyl (C=O) groups is 1. The summed E-state index contributed by atoms with van der Waals surface area (Å²) in [4.78, 5) is 24.8. The fourth-order valence-electron chi connectivity index (χ4n) is 2.40. The van der Waals surface area contributed by atoms with Gasteiger partial charge in [-0.2, -0.15) is 0 Å². The van der Waals surface area contributed by atoms with Crippen LogP contribution in [0.4, 0.5) is 4.48 Å². The molecule has 0 radical (unpaired) electrons. The van der Waals surface area contributed by atoms with Gasteiger partial charge in [0, 0.05) is 23.6 Å². The van der Waals surface area contributed by atoms with Crippen LogP contribution < -0.4 is 16.7 Å². The fourth-order valence-corrected chi connectivity index (χ4v) is 2.40. The maximum Gasteiger partial charge on any atom is 0.199 e. The minimum Gasteiger partial charge on any atom is -0.360 e. The summed E-state index contributed by atoms with van der Waals surface area (Å²) in [7, 11) is 0. The molecule has 0 fully saturated rings. The Morgan fingerprint density at radius 1 is 1.36 bits per heavy atom. The van der Waals surface area contributed by atoms with Gasteiger partial charge in [-0.25, -0.2) is 5.54 Å². The Hall–Kier alpha value is -2.99. The first-order chi connectivity index (χ1) is 12.1. The predicted molar refractivity (Wildman–Crippen MR) is 97.7 cm³/mol. The van der Waals surface area contributed by atoms with Crippen molar-refractivity contribution in [2.75, 3.05) is 6.54 Å². The van der Waals surface area contributed by atoms with Crippen LogP contribution in [0.3, 0.4) is 0 Å². The number of benzene rings is 1. The van der Waals surface area contributed by atoms with E-state index in [2.05, 4.69) is 4.98 Å². The normalized spacial score (nSPS) is 16.2. The van der Waals surface area contributed by atoms with Gasteiger partial charge in [-0.15, -0.1) is 4.48 Å². The van der Waals surface area contributed by atoms with Crippen molar-refractivity contribution in [2.45, 2.75) is 6.92 Å². The Morgan fingerprint density at radius 3 is 2.80 bits per heavy atom. The largest absolute Gasteiger partial charge is 0.360 e. The molecule has 0 saturated carbocycles. The molecule has 1 heterocycles. The molecule has 0 spiro atoms. The maximum absolute atomic E-state index is 12.1. The van der Waals surface area contributed by atoms with Crippen molar-refractivity contribution in [3.8, 4) is 0 Å². The number of allylic oxidation sites excluding steroid dienone is 3. The summed E-state index contributed by atoms with van der Waals surface area (Å²) in [5.41, 5.74) is 9.17. The lowest BCUT2D eigenvalue weighted by molar-refractivity contribution is 0.112. The van der Waals surface area contributed by atoms with Crippen molar-refractivity contribution in [2.24, 2.45) is 11.7 Å². The highest BCUT2D eigenvalue weighted by Crippen LogP contribution is 2.12. The first kappa shape index (κ1) is 18.4. The van der Waals surface area contributed by atoms with E-state index in [0.717, 1.165) is 11.1 Å². The smallest absolute Gasteiger partial charge is 0.199 e. The zero-order valence-electron chi connectivity index (χ0n) is 13.8. The average molecular weight is 341 g/mol. The van der Waals surface area contributed by atoms with Gasteiger partial charge in [0.2, 0.25) is 0 Å². The number of fused-ring (bicyclic) bond motifs is 1. The van der Waals surface area contributed by atoms with E-state index in [1.54, 1.807) is 35.9 Å². The Kier molecular flexibility index (Phi) is 6.42. The molecule has 2 aromatic rings. The lowest BCUT2D eigenvalue weighted by Gasteiger charge is -1.99. The second kappa shape index (κ2) is 8.75. The number of hydrogen-bond acceptors (Lipinski definition) is 4. The number of aldehydes is 1. The van der Waals surface area contributed by atoms with Crippen LogP contribution in [0.1, 0.15) is 17.3 Å². The quantitative estimate of drug-likeness (QED) is 0.592. The van der Waals surface area contributed by atoms with E-state index in [4.69, 9.17) is 5.73 Å². The summed E-state index contributed by atoms with van der Waals surface area (Å²) < 4.78 is 12.1. The lowest BCUT2D eigenvalue weighted by Crippen LogP contribution is -2.08. The molecule has 4 N–H and O–H groups in total. The third kappa shape index (κ3) is 4.74. The second-order valence-electron chi connectivity index (χ2n) is 5.59. The van der Waals surface area contributed by atoms with Crippen LogP contribution in [0, 0.1) is 5.92 Å². The number of hydrogen-bond donors (Lipinski definition) is 3. The van der Waals surface area contributed by atoms with Crippen LogP contribution in [-0.2, 0) is 0 Å². The summed E-state index contributed by atoms with van der Waals surface area (Å²) in [6.07, 6.45) is 9.34. The fraction of sp³-hybridized carbons (Fsp3) is 0.158. The van der Waals surface area contributed by atoms with Crippen LogP contribution >= 0.6 is 0 Å². The van der Waals surface area contributed by atoms with Gasteiger partial charge >= 0.3 is 0 Å². The van der Waals surface area contributed by atoms with Gasteiger partial charge in [0.25, 0.3) is 0 Å². The molecule has 1 aromatic carbocycles. The highest BCUT2D eigenvalue weighted by Gasteiger charge is 2.02. The van der Waals surface area contributed by atoms with Gasteiger partial charge in [0.1, 0.15) is 0 Å². The van der Waals surface area contributed by atoms with Crippen molar-refractivity contribution in [3.05, 3.63) is 81.8 Å². The minimum absolute atomic E-state index is 0.165. The zero-order valence-corrected chi connectivity index (χ0v) is 13.8. The van der Waals surface area contributed by atoms with Crippen LogP contribution in [0.25, 0.3) is 10.9 Å². The first-order valence-electron chi connectivity index (χ1n) is 7.82. The van der Waals surface area contributed by atoms with Crippen molar-refractivity contribution < 1.29 is 9.28 Å². The number of halogens is 1. The summed E-state index contributed by atoms with van der Waals surface area (Å²) in [5.74, 6) is 0.311. The number of aromatic nitrogens is 1. The van der Waals surface area contributed by atoms with Crippen LogP contribution in [0.15, 0.2) is 70.8 Å². The Balaban J connectivity index is 0.000000181. The number of para-hydroxylation sites is 1. The molecule has 3 rings (SSSR count). The van der Waals surface area contributed by atoms with E-state index >= 15 is 0 Å². The van der Waals surface area contributed by atoms with Gasteiger partial charge in [-0.05, 0) is 35.8 Å². The van der Waals surface area contributed by atoms with Crippen LogP contribution in [-0.4, -0.2) is 17.8 Å². The summed E-state index contributed by atoms with van der Waals surface area (Å²) in [6, 6.07) is 7.09. The molecule has 1 atom stereocenters. The van der Waals surface area contributed by atoms with Crippen molar-refractivity contribution >= 4 is 17.2 Å². The lowest BCUT2D eigenvalue weighted by atomic mass is 10.1. The highest BCUT2D eigenvalue weighted by atomic mass is 19.2. The monoisotopic (exact) mass is 341 g/mol. The molecule has 25 heavy (non-hydrogen) atoms. The van der Waals surface area contributed by atoms with Gasteiger partial charge in [0.05, 0.1) is 11.3 Å². The van der Waals surface area contributed by atoms with Gasteiger partial charge in [-0.3, -0.25) is 9.59 Å². The second-order valence-corrected chi connectivity index (χ2v) is 5.59. The van der Waals surface area contributed by atoms with E-state index in [-0.39, 0.29) is 11.0 Å². The molecular formula is C19H20FN3O2. The predicted octanol–water partition coefficient (Wildman–Crippen LogP) is 2.78. The van der Waals surface area contributed by atoms with Crippen molar-refractivity contribution in [1.82, 2.24) is 10.5 Å². The van der Waals surface area contributed by atoms with Gasteiger partial charge < -0.3 is 10.7 Å². The summed E-state index contributed by atoms with van der Waals surface area (Å²) in [5, 5.41) is 0.548. The SMILES string of the molecule is CC1C=CC(NF)=CC(CN)=C1.O=Cc1c[nH]c2ccccc2c1=O. The standard InChI is InChI=1S/C10H7NO2.C9H13FN2/c12-6-7-5-11-9-4-2-1-3-8(9)10(7)13;1-7-2-3-9(12-10)5-8(4-7)6-11/h1-6H,(H,11,13);2-5,7,12H,6,11H2,1H3. The van der Waals surface area contributed by atoms with Crippen LogP contribution in [0.5, 0.6) is 0 Å². The number of nitrogens with one attached hydrogen (secondary N) is 2. The molecule has 6 heteroatoms. The van der Waals surface area contributed by atoms with E-state index in [1.807, 2.05) is 25.1 Å². The third-order valence-corrected chi connectivity index (χ3v) is 3.69. The molecule has 130 valence electrons. The van der Waals surface area contributed by atoms with Crippen molar-refractivity contribution in [1.29, 1.82) is 0 Å². The molecule has 1 aliphatic rings. The Bertz CT molecular complexity index is 897. The highest BCUT2D eigenvalue weighted by molar-refractivity contribution is 5.85. The number of H-pyrrole nitrogens is 1. The van der Waals surface area contributed by atoms with Crippen LogP contribution in [0.2, 0.25) is 0 Å². The van der Waals surface area contributed by atoms with Gasteiger partial charge in [0.15, 0.2) is 11.7 Å². The number of aromatic amines is 1. The molecule has 1 aliphatic carbocycles. The number of rotatable bonds is 3. The molecule has 1 aromatic heterocycles. The molecular weight excluding hydrogens is 321 g/mol. The Morgan fingerprint density at radius 2 is 2.12 bits per heavy atom. The molecule has 1 unspecified atom stereocenters. The molecule has 5 nitrogen and oxygen atoms in total. The molecule has 0 bridgehead atoms. The van der Waals surface area contributed by atoms with Gasteiger partial charge in [-0.1, -0.05) is 31.2 Å². The first-order valence-corrected chi connectivity index (χ1v) is 7.82. The third-order valence-electron chi connectivity index (χ3n) is 3.69. The Labute approximate surface area is 144 Å². The van der Waals surface area contributed by atoms with Crippen molar-refractivity contribution in [3.63, 3.8) is 0 Å². The van der Waals surface area contributed by atoms with E-state index < -0.39 is 0 Å². The number of pyridine rings is 1. The number of nitrogens with two attached hydrogens (primary N) is 1. The summed E-state index contributed by atoms with van der Waals surface area (Å²) >= 11 is 0. The number of carbonyl (C=O) groups excluding carboxylic acids is 1. The molecule has 0 amide bonds. The topological polar surface area (TPSA) is 88.0 Å². The average Bonchev–Trinajstić information content (AvgIpc) is 2.84. The minimum atomic E-state index is -0.218. The van der Waals surface area contributed by atoms with E-state index in [1.165, 1.54) is 6.20 Å². The van der Waals surface area contributed by atoms with E-state index in [0.29, 0.717) is 29.8 Å². The molecule has 0 aliphatic heterocycles. The maximum atomic E-state index is 12.1. The zero-order chi connectivity index (χ0) is 18.2. The molecule has 0 saturated heterocycles.